The maximum absolute atomic E-state index is 6.43. The summed E-state index contributed by atoms with van der Waals surface area (Å²) in [4.78, 5) is 0. The zero-order valence-corrected chi connectivity index (χ0v) is 20.3. The van der Waals surface area contributed by atoms with Crippen molar-refractivity contribution in [1.29, 1.82) is 0 Å². The normalized spacial score (nSPS) is 24.5. The summed E-state index contributed by atoms with van der Waals surface area (Å²) in [7, 11) is 0. The Balaban J connectivity index is 1.36. The molecule has 3 aliphatic carbocycles. The second-order valence-electron chi connectivity index (χ2n) is 10.2. The highest BCUT2D eigenvalue weighted by atomic mass is 35.5. The van der Waals surface area contributed by atoms with Crippen molar-refractivity contribution in [3.05, 3.63) is 154 Å². The minimum absolute atomic E-state index is 0.187. The molecule has 5 atom stereocenters. The van der Waals surface area contributed by atoms with Crippen LogP contribution < -0.4 is 0 Å². The monoisotopic (exact) mass is 470 g/mol. The molecule has 1 fully saturated rings. The Hall–Kier alpha value is -3.35. The van der Waals surface area contributed by atoms with E-state index < -0.39 is 0 Å². The maximum Gasteiger partial charge on any atom is 0.0366 e. The predicted molar refractivity (Wildman–Crippen MR) is 146 cm³/mol. The molecule has 0 aromatic heterocycles. The molecular weight excluding hydrogens is 444 g/mol. The Morgan fingerprint density at radius 3 is 2.20 bits per heavy atom. The first-order valence-electron chi connectivity index (χ1n) is 12.7. The van der Waals surface area contributed by atoms with Gasteiger partial charge in [0.15, 0.2) is 0 Å². The molecule has 4 aromatic carbocycles. The van der Waals surface area contributed by atoms with E-state index in [0.717, 1.165) is 11.0 Å². The SMILES string of the molecule is ClC1=CC2C(C=C1)c1cc(C(c3ccccc3)c3cccc(-c4ccccc4)c3)ccc1C1CC12. The summed E-state index contributed by atoms with van der Waals surface area (Å²) in [6.07, 6.45) is 8.05. The van der Waals surface area contributed by atoms with Crippen molar-refractivity contribution in [1.82, 2.24) is 0 Å². The Morgan fingerprint density at radius 1 is 0.657 bits per heavy atom. The lowest BCUT2D eigenvalue weighted by Gasteiger charge is -2.33. The number of hydrogen-bond acceptors (Lipinski definition) is 0. The van der Waals surface area contributed by atoms with Crippen LogP contribution in [0.5, 0.6) is 0 Å². The number of allylic oxidation sites excluding steroid dienone is 4. The average Bonchev–Trinajstić information content (AvgIpc) is 3.72. The Kier molecular flexibility index (Phi) is 5.03. The number of benzene rings is 4. The Labute approximate surface area is 212 Å². The van der Waals surface area contributed by atoms with Gasteiger partial charge in [-0.15, -0.1) is 0 Å². The van der Waals surface area contributed by atoms with Crippen molar-refractivity contribution >= 4 is 11.6 Å². The zero-order valence-electron chi connectivity index (χ0n) is 19.5. The van der Waals surface area contributed by atoms with Gasteiger partial charge in [-0.3, -0.25) is 0 Å². The van der Waals surface area contributed by atoms with Gasteiger partial charge in [0.05, 0.1) is 0 Å². The van der Waals surface area contributed by atoms with Crippen molar-refractivity contribution < 1.29 is 0 Å². The summed E-state index contributed by atoms with van der Waals surface area (Å²) in [5.74, 6) is 2.61. The van der Waals surface area contributed by atoms with E-state index in [0.29, 0.717) is 17.8 Å². The third kappa shape index (κ3) is 3.68. The first-order chi connectivity index (χ1) is 17.3. The van der Waals surface area contributed by atoms with Gasteiger partial charge >= 0.3 is 0 Å². The first kappa shape index (κ1) is 21.0. The largest absolute Gasteiger partial charge is 0.0847 e. The lowest BCUT2D eigenvalue weighted by atomic mass is 9.71. The lowest BCUT2D eigenvalue weighted by molar-refractivity contribution is 0.474. The quantitative estimate of drug-likeness (QED) is 0.261. The molecule has 7 rings (SSSR count). The fourth-order valence-electron chi connectivity index (χ4n) is 6.52. The molecule has 35 heavy (non-hydrogen) atoms. The minimum atomic E-state index is 0.187. The van der Waals surface area contributed by atoms with Crippen LogP contribution in [-0.2, 0) is 0 Å². The van der Waals surface area contributed by atoms with E-state index in [1.807, 2.05) is 0 Å². The van der Waals surface area contributed by atoms with Crippen molar-refractivity contribution in [3.8, 4) is 11.1 Å². The van der Waals surface area contributed by atoms with E-state index in [-0.39, 0.29) is 5.92 Å². The van der Waals surface area contributed by atoms with E-state index in [1.165, 1.54) is 39.8 Å². The smallest absolute Gasteiger partial charge is 0.0366 e. The summed E-state index contributed by atoms with van der Waals surface area (Å²) in [5.41, 5.74) is 9.60. The molecule has 3 aliphatic rings. The van der Waals surface area contributed by atoms with Gasteiger partial charge in [0.25, 0.3) is 0 Å². The average molecular weight is 471 g/mol. The molecule has 170 valence electrons. The third-order valence-corrected chi connectivity index (χ3v) is 8.48. The number of hydrogen-bond donors (Lipinski definition) is 0. The number of rotatable bonds is 4. The number of fused-ring (bicyclic) bond motifs is 6. The molecule has 0 saturated heterocycles. The molecule has 4 aromatic rings. The van der Waals surface area contributed by atoms with E-state index in [1.54, 1.807) is 5.56 Å². The van der Waals surface area contributed by atoms with Crippen molar-refractivity contribution in [3.63, 3.8) is 0 Å². The molecule has 0 aliphatic heterocycles. The molecule has 0 radical (unpaired) electrons. The second-order valence-corrected chi connectivity index (χ2v) is 10.7. The summed E-state index contributed by atoms with van der Waals surface area (Å²) < 4.78 is 0. The predicted octanol–water partition coefficient (Wildman–Crippen LogP) is 9.04. The molecule has 1 saturated carbocycles. The standard InChI is InChI=1S/C34H27Cl/c35-27-15-17-29-30-19-26(14-16-28(30)32-21-33(32)31(29)20-27)34(23-10-5-2-6-11-23)25-13-7-12-24(18-25)22-8-3-1-4-9-22/h1-20,29,31-34H,21H2. The van der Waals surface area contributed by atoms with E-state index >= 15 is 0 Å². The topological polar surface area (TPSA) is 0 Å². The second kappa shape index (κ2) is 8.40. The lowest BCUT2D eigenvalue weighted by Crippen LogP contribution is -2.20. The molecule has 5 unspecified atom stereocenters. The van der Waals surface area contributed by atoms with Gasteiger partial charge in [-0.25, -0.2) is 0 Å². The van der Waals surface area contributed by atoms with Crippen molar-refractivity contribution in [2.24, 2.45) is 11.8 Å². The van der Waals surface area contributed by atoms with Crippen LogP contribution >= 0.6 is 11.6 Å². The summed E-state index contributed by atoms with van der Waals surface area (Å²) in [6.45, 7) is 0. The zero-order chi connectivity index (χ0) is 23.4. The van der Waals surface area contributed by atoms with Crippen LogP contribution in [-0.4, -0.2) is 0 Å². The van der Waals surface area contributed by atoms with E-state index in [4.69, 9.17) is 11.6 Å². The Morgan fingerprint density at radius 2 is 1.37 bits per heavy atom. The highest BCUT2D eigenvalue weighted by molar-refractivity contribution is 6.31. The molecular formula is C34H27Cl. The number of halogens is 1. The minimum Gasteiger partial charge on any atom is -0.0847 e. The molecule has 0 spiro atoms. The fraction of sp³-hybridized carbons (Fsp3) is 0.176. The van der Waals surface area contributed by atoms with Gasteiger partial charge in [-0.2, -0.15) is 0 Å². The van der Waals surface area contributed by atoms with Gasteiger partial charge < -0.3 is 0 Å². The van der Waals surface area contributed by atoms with Crippen molar-refractivity contribution in [2.45, 2.75) is 24.2 Å². The highest BCUT2D eigenvalue weighted by Gasteiger charge is 2.51. The maximum atomic E-state index is 6.43. The van der Waals surface area contributed by atoms with E-state index in [9.17, 15) is 0 Å². The molecule has 0 bridgehead atoms. The third-order valence-electron chi connectivity index (χ3n) is 8.23. The molecule has 1 heteroatoms. The van der Waals surface area contributed by atoms with Gasteiger partial charge in [0.1, 0.15) is 0 Å². The van der Waals surface area contributed by atoms with E-state index in [2.05, 4.69) is 121 Å². The first-order valence-corrected chi connectivity index (χ1v) is 13.0. The van der Waals surface area contributed by atoms with Crippen LogP contribution in [0.4, 0.5) is 0 Å². The van der Waals surface area contributed by atoms with Gasteiger partial charge in [0.2, 0.25) is 0 Å². The van der Waals surface area contributed by atoms with Gasteiger partial charge in [0, 0.05) is 16.9 Å². The molecule has 0 N–H and O–H groups in total. The molecule has 0 amide bonds. The van der Waals surface area contributed by atoms with Crippen LogP contribution in [0.2, 0.25) is 0 Å². The van der Waals surface area contributed by atoms with Crippen LogP contribution in [0, 0.1) is 11.8 Å². The molecule has 0 nitrogen and oxygen atoms in total. The van der Waals surface area contributed by atoms with Crippen LogP contribution in [0.3, 0.4) is 0 Å². The van der Waals surface area contributed by atoms with Gasteiger partial charge in [-0.1, -0.05) is 127 Å². The summed E-state index contributed by atoms with van der Waals surface area (Å²) in [5, 5.41) is 0.899. The van der Waals surface area contributed by atoms with Crippen molar-refractivity contribution in [2.75, 3.05) is 0 Å². The molecule has 0 heterocycles. The highest BCUT2D eigenvalue weighted by Crippen LogP contribution is 2.63. The Bertz CT molecular complexity index is 1450. The summed E-state index contributed by atoms with van der Waals surface area (Å²) >= 11 is 6.43. The van der Waals surface area contributed by atoms with Gasteiger partial charge in [-0.05, 0) is 69.2 Å². The van der Waals surface area contributed by atoms with Crippen LogP contribution in [0.25, 0.3) is 11.1 Å². The fourth-order valence-corrected chi connectivity index (χ4v) is 6.73. The summed E-state index contributed by atoms with van der Waals surface area (Å²) in [6, 6.07) is 38.0. The van der Waals surface area contributed by atoms with Crippen LogP contribution in [0.1, 0.15) is 52.0 Å². The van der Waals surface area contributed by atoms with Crippen LogP contribution in [0.15, 0.2) is 126 Å².